The highest BCUT2D eigenvalue weighted by Crippen LogP contribution is 2.39. The first kappa shape index (κ1) is 18.8. The molecule has 3 aromatic rings. The van der Waals surface area contributed by atoms with E-state index in [0.29, 0.717) is 25.3 Å². The number of amides is 2. The van der Waals surface area contributed by atoms with Gasteiger partial charge in [-0.2, -0.15) is 0 Å². The normalized spacial score (nSPS) is 13.6. The minimum Gasteiger partial charge on any atom is -0.301 e. The second-order valence-corrected chi connectivity index (χ2v) is 9.72. The molecule has 1 aromatic carbocycles. The van der Waals surface area contributed by atoms with Crippen molar-refractivity contribution in [2.75, 3.05) is 22.5 Å². The molecular formula is C17H11Cl2N3O2S3. The molecule has 2 amide bonds. The van der Waals surface area contributed by atoms with Crippen LogP contribution in [0.1, 0.15) is 0 Å². The van der Waals surface area contributed by atoms with E-state index in [-0.39, 0.29) is 18.4 Å². The smallest absolute Gasteiger partial charge is 0.246 e. The second kappa shape index (κ2) is 7.81. The molecule has 0 saturated heterocycles. The van der Waals surface area contributed by atoms with Gasteiger partial charge in [-0.25, -0.2) is 4.98 Å². The van der Waals surface area contributed by atoms with Gasteiger partial charge in [-0.05, 0) is 18.2 Å². The Balaban J connectivity index is 1.48. The topological polar surface area (TPSA) is 62.3 Å². The third-order valence-corrected chi connectivity index (χ3v) is 7.09. The number of thiazole rings is 1. The zero-order valence-corrected chi connectivity index (χ0v) is 17.5. The van der Waals surface area contributed by atoms with Gasteiger partial charge in [-0.1, -0.05) is 35.3 Å². The van der Waals surface area contributed by atoms with Gasteiger partial charge in [-0.3, -0.25) is 9.59 Å². The van der Waals surface area contributed by atoms with Crippen LogP contribution < -0.4 is 10.2 Å². The molecular weight excluding hydrogens is 445 g/mol. The molecule has 1 aliphatic heterocycles. The Labute approximate surface area is 177 Å². The molecule has 1 N–H and O–H groups in total. The number of halogens is 2. The molecule has 0 unspecified atom stereocenters. The van der Waals surface area contributed by atoms with Crippen LogP contribution in [0.5, 0.6) is 0 Å². The highest BCUT2D eigenvalue weighted by Gasteiger charge is 2.26. The van der Waals surface area contributed by atoms with Gasteiger partial charge in [0.25, 0.3) is 0 Å². The fourth-order valence-corrected chi connectivity index (χ4v) is 5.74. The molecule has 0 radical (unpaired) electrons. The van der Waals surface area contributed by atoms with E-state index >= 15 is 0 Å². The molecule has 0 aliphatic carbocycles. The van der Waals surface area contributed by atoms with E-state index < -0.39 is 0 Å². The van der Waals surface area contributed by atoms with Crippen LogP contribution in [0.25, 0.3) is 11.3 Å². The molecule has 0 atom stereocenters. The number of hydrogen-bond donors (Lipinski definition) is 1. The van der Waals surface area contributed by atoms with E-state index in [1.54, 1.807) is 11.4 Å². The number of aromatic nitrogens is 1. The Morgan fingerprint density at radius 1 is 1.30 bits per heavy atom. The van der Waals surface area contributed by atoms with E-state index in [1.807, 2.05) is 24.3 Å². The summed E-state index contributed by atoms with van der Waals surface area (Å²) < 4.78 is 1.13. The second-order valence-electron chi connectivity index (χ2n) is 5.56. The van der Waals surface area contributed by atoms with Crippen molar-refractivity contribution in [1.29, 1.82) is 0 Å². The van der Waals surface area contributed by atoms with Crippen LogP contribution in [0.2, 0.25) is 8.67 Å². The number of anilines is 2. The van der Waals surface area contributed by atoms with Gasteiger partial charge in [-0.15, -0.1) is 34.4 Å². The third kappa shape index (κ3) is 4.00. The lowest BCUT2D eigenvalue weighted by Gasteiger charge is -2.28. The van der Waals surface area contributed by atoms with Crippen LogP contribution in [-0.4, -0.2) is 29.1 Å². The van der Waals surface area contributed by atoms with Crippen LogP contribution in [-0.2, 0) is 9.59 Å². The third-order valence-electron chi connectivity index (χ3n) is 3.79. The molecule has 138 valence electrons. The summed E-state index contributed by atoms with van der Waals surface area (Å²) in [5.41, 5.74) is 2.15. The maximum absolute atomic E-state index is 12.5. The summed E-state index contributed by atoms with van der Waals surface area (Å²) in [6, 6.07) is 9.30. The fraction of sp³-hybridized carbons (Fsp3) is 0.118. The average Bonchev–Trinajstić information content (AvgIpc) is 3.23. The van der Waals surface area contributed by atoms with E-state index in [2.05, 4.69) is 10.3 Å². The van der Waals surface area contributed by atoms with Gasteiger partial charge in [0.15, 0.2) is 5.13 Å². The number of para-hydroxylation sites is 1. The van der Waals surface area contributed by atoms with Gasteiger partial charge in [0.05, 0.1) is 21.5 Å². The molecule has 5 nitrogen and oxygen atoms in total. The number of fused-ring (bicyclic) bond motifs is 1. The number of carbonyl (C=O) groups is 2. The van der Waals surface area contributed by atoms with Crippen molar-refractivity contribution in [3.8, 4) is 11.3 Å². The highest BCUT2D eigenvalue weighted by atomic mass is 35.5. The van der Waals surface area contributed by atoms with Gasteiger partial charge in [0.1, 0.15) is 10.9 Å². The van der Waals surface area contributed by atoms with Crippen LogP contribution >= 0.6 is 57.6 Å². The number of nitrogens with zero attached hydrogens (tertiary/aromatic N) is 2. The largest absolute Gasteiger partial charge is 0.301 e. The number of benzene rings is 1. The maximum atomic E-state index is 12.5. The minimum atomic E-state index is -0.305. The lowest BCUT2D eigenvalue weighted by Crippen LogP contribution is -2.41. The van der Waals surface area contributed by atoms with E-state index in [0.717, 1.165) is 16.1 Å². The summed E-state index contributed by atoms with van der Waals surface area (Å²) in [6.07, 6.45) is 0. The van der Waals surface area contributed by atoms with Crippen LogP contribution in [0.3, 0.4) is 0 Å². The molecule has 10 heteroatoms. The first-order valence-electron chi connectivity index (χ1n) is 7.74. The van der Waals surface area contributed by atoms with Gasteiger partial charge in [0.2, 0.25) is 11.8 Å². The van der Waals surface area contributed by atoms with E-state index in [1.165, 1.54) is 39.3 Å². The van der Waals surface area contributed by atoms with Crippen LogP contribution in [0, 0.1) is 0 Å². The zero-order chi connectivity index (χ0) is 19.0. The lowest BCUT2D eigenvalue weighted by atomic mass is 10.2. The summed E-state index contributed by atoms with van der Waals surface area (Å²) in [6.45, 7) is -0.0592. The predicted octanol–water partition coefficient (Wildman–Crippen LogP) is 5.26. The Kier molecular flexibility index (Phi) is 5.43. The fourth-order valence-electron chi connectivity index (χ4n) is 2.60. The zero-order valence-electron chi connectivity index (χ0n) is 13.6. The number of carbonyl (C=O) groups excluding carboxylic acids is 2. The number of hydrogen-bond acceptors (Lipinski definition) is 6. The highest BCUT2D eigenvalue weighted by molar-refractivity contribution is 8.00. The van der Waals surface area contributed by atoms with E-state index in [9.17, 15) is 9.59 Å². The van der Waals surface area contributed by atoms with Crippen molar-refractivity contribution in [2.45, 2.75) is 4.90 Å². The summed E-state index contributed by atoms with van der Waals surface area (Å²) in [7, 11) is 0. The van der Waals surface area contributed by atoms with Crippen LogP contribution in [0.15, 0.2) is 40.6 Å². The molecule has 2 aromatic heterocycles. The van der Waals surface area contributed by atoms with Gasteiger partial charge < -0.3 is 10.2 Å². The van der Waals surface area contributed by atoms with Crippen LogP contribution in [0.4, 0.5) is 10.8 Å². The number of rotatable bonds is 4. The van der Waals surface area contributed by atoms with Gasteiger partial charge >= 0.3 is 0 Å². The summed E-state index contributed by atoms with van der Waals surface area (Å²) in [4.78, 5) is 31.6. The standard InChI is InChI=1S/C17H11Cl2N3O2S3/c18-13-5-9(16(19)27-13)10-7-26-17(20-10)21-14(23)6-22-11-3-1-2-4-12(11)25-8-15(22)24/h1-5,7H,6,8H2,(H,20,21,23). The van der Waals surface area contributed by atoms with Crippen molar-refractivity contribution >= 4 is 80.3 Å². The predicted molar refractivity (Wildman–Crippen MR) is 114 cm³/mol. The molecule has 4 rings (SSSR count). The maximum Gasteiger partial charge on any atom is 0.246 e. The Morgan fingerprint density at radius 2 is 2.11 bits per heavy atom. The van der Waals surface area contributed by atoms with Crippen molar-refractivity contribution < 1.29 is 9.59 Å². The molecule has 27 heavy (non-hydrogen) atoms. The molecule has 3 heterocycles. The first-order chi connectivity index (χ1) is 13.0. The van der Waals surface area contributed by atoms with E-state index in [4.69, 9.17) is 23.2 Å². The van der Waals surface area contributed by atoms with Crippen molar-refractivity contribution in [3.63, 3.8) is 0 Å². The van der Waals surface area contributed by atoms with Gasteiger partial charge in [0, 0.05) is 15.8 Å². The molecule has 1 aliphatic rings. The average molecular weight is 456 g/mol. The number of thiophene rings is 1. The number of thioether (sulfide) groups is 1. The summed E-state index contributed by atoms with van der Waals surface area (Å²) in [5, 5.41) is 5.00. The quantitative estimate of drug-likeness (QED) is 0.582. The molecule has 0 bridgehead atoms. The van der Waals surface area contributed by atoms with Crippen molar-refractivity contribution in [2.24, 2.45) is 0 Å². The SMILES string of the molecule is O=C(CN1C(=O)CSc2ccccc21)Nc1nc(-c2cc(Cl)sc2Cl)cs1. The molecule has 0 spiro atoms. The molecule has 0 saturated carbocycles. The first-order valence-corrected chi connectivity index (χ1v) is 11.2. The van der Waals surface area contributed by atoms with Crippen molar-refractivity contribution in [1.82, 2.24) is 4.98 Å². The lowest BCUT2D eigenvalue weighted by molar-refractivity contribution is -0.120. The Morgan fingerprint density at radius 3 is 2.89 bits per heavy atom. The molecule has 0 fully saturated rings. The van der Waals surface area contributed by atoms with Crippen molar-refractivity contribution in [3.05, 3.63) is 44.4 Å². The summed E-state index contributed by atoms with van der Waals surface area (Å²) in [5.74, 6) is -0.0721. The number of nitrogens with one attached hydrogen (secondary N) is 1. The minimum absolute atomic E-state index is 0.0592. The Hall–Kier alpha value is -1.58. The monoisotopic (exact) mass is 455 g/mol. The summed E-state index contributed by atoms with van der Waals surface area (Å²) >= 11 is 16.2. The Bertz CT molecular complexity index is 1030.